The molecule has 0 aliphatic heterocycles. The molecule has 0 aromatic rings. The minimum Gasteiger partial charge on any atom is -0.296 e. The van der Waals surface area contributed by atoms with Gasteiger partial charge in [0.2, 0.25) is 0 Å². The van der Waals surface area contributed by atoms with Crippen LogP contribution >= 0.6 is 12.6 Å². The Bertz CT molecular complexity index is 401. The minimum atomic E-state index is -0.763. The molecule has 0 heterocycles. The fourth-order valence-corrected chi connectivity index (χ4v) is 3.19. The zero-order valence-electron chi connectivity index (χ0n) is 12.8. The van der Waals surface area contributed by atoms with E-state index in [1.54, 1.807) is 0 Å². The molecule has 2 nitrogen and oxygen atoms in total. The second-order valence-electron chi connectivity index (χ2n) is 6.05. The van der Waals surface area contributed by atoms with Crippen LogP contribution in [0.4, 0.5) is 0 Å². The minimum absolute atomic E-state index is 0.0165. The summed E-state index contributed by atoms with van der Waals surface area (Å²) in [4.78, 5) is 11.7. The van der Waals surface area contributed by atoms with Gasteiger partial charge in [0.25, 0.3) is 0 Å². The number of Topliss-reactive ketones (excluding diaryl/α,β-unsaturated/α-hetero) is 1. The summed E-state index contributed by atoms with van der Waals surface area (Å²) in [5.74, 6) is 0.154. The highest BCUT2D eigenvalue weighted by Crippen LogP contribution is 2.30. The van der Waals surface area contributed by atoms with Gasteiger partial charge in [0.1, 0.15) is 12.7 Å². The van der Waals surface area contributed by atoms with Crippen molar-refractivity contribution in [3.8, 4) is 0 Å². The maximum Gasteiger partial charge on any atom is 0.165 e. The maximum absolute atomic E-state index is 12.5. The van der Waals surface area contributed by atoms with Crippen molar-refractivity contribution >= 4 is 26.3 Å². The van der Waals surface area contributed by atoms with Gasteiger partial charge in [-0.3, -0.25) is 10.1 Å². The highest BCUT2D eigenvalue weighted by Gasteiger charge is 2.37. The first-order valence-corrected chi connectivity index (χ1v) is 7.61. The molecule has 1 aliphatic rings. The first-order valence-electron chi connectivity index (χ1n) is 7.17. The molecule has 0 saturated carbocycles. The van der Waals surface area contributed by atoms with Crippen LogP contribution in [0.3, 0.4) is 0 Å². The Kier molecular flexibility index (Phi) is 5.94. The molecule has 0 radical (unpaired) electrons. The Morgan fingerprint density at radius 2 is 1.95 bits per heavy atom. The van der Waals surface area contributed by atoms with Gasteiger partial charge in [0.05, 0.1) is 0 Å². The quantitative estimate of drug-likeness (QED) is 0.444. The van der Waals surface area contributed by atoms with Gasteiger partial charge in [0.15, 0.2) is 5.78 Å². The molecule has 1 atom stereocenters. The van der Waals surface area contributed by atoms with Crippen LogP contribution in [0.2, 0.25) is 0 Å². The molecule has 0 aromatic carbocycles. The van der Waals surface area contributed by atoms with Crippen LogP contribution in [-0.4, -0.2) is 24.5 Å². The molecule has 4 heteroatoms. The summed E-state index contributed by atoms with van der Waals surface area (Å²) in [7, 11) is 2.12. The first kappa shape index (κ1) is 16.6. The fraction of sp³-hybridized carbons (Fsp3) is 0.667. The largest absolute Gasteiger partial charge is 0.296 e. The van der Waals surface area contributed by atoms with E-state index in [4.69, 9.17) is 12.6 Å². The summed E-state index contributed by atoms with van der Waals surface area (Å²) in [5, 5.41) is 3.35. The van der Waals surface area contributed by atoms with Crippen LogP contribution in [0.5, 0.6) is 0 Å². The van der Waals surface area contributed by atoms with Gasteiger partial charge in [0, 0.05) is 18.4 Å². The Morgan fingerprint density at radius 1 is 1.37 bits per heavy atom. The van der Waals surface area contributed by atoms with Crippen molar-refractivity contribution in [3.05, 3.63) is 23.2 Å². The third-order valence-electron chi connectivity index (χ3n) is 3.42. The number of hydrogen-bond acceptors (Lipinski definition) is 3. The number of carbonyl (C=O) groups is 1. The van der Waals surface area contributed by atoms with Gasteiger partial charge in [-0.2, -0.15) is 0 Å². The molecule has 0 unspecified atom stereocenters. The molecule has 0 saturated heterocycles. The lowest BCUT2D eigenvalue weighted by Gasteiger charge is -2.34. The SMILES string of the molecule is BC1=CCCC=C1C[C@](S)(NC(C)C)C(=O)C(C)C. The second-order valence-corrected chi connectivity index (χ2v) is 6.81. The van der Waals surface area contributed by atoms with Gasteiger partial charge in [-0.15, -0.1) is 12.6 Å². The van der Waals surface area contributed by atoms with E-state index in [0.717, 1.165) is 12.8 Å². The molecular formula is C15H26BNOS. The highest BCUT2D eigenvalue weighted by atomic mass is 32.1. The van der Waals surface area contributed by atoms with E-state index >= 15 is 0 Å². The van der Waals surface area contributed by atoms with Crippen molar-refractivity contribution in [2.24, 2.45) is 5.92 Å². The number of thiol groups is 1. The van der Waals surface area contributed by atoms with Crippen LogP contribution in [0, 0.1) is 5.92 Å². The van der Waals surface area contributed by atoms with E-state index in [2.05, 4.69) is 39.2 Å². The normalized spacial score (nSPS) is 19.1. The molecule has 106 valence electrons. The van der Waals surface area contributed by atoms with Crippen molar-refractivity contribution < 1.29 is 4.79 Å². The van der Waals surface area contributed by atoms with Crippen molar-refractivity contribution in [3.63, 3.8) is 0 Å². The van der Waals surface area contributed by atoms with Gasteiger partial charge < -0.3 is 0 Å². The molecule has 19 heavy (non-hydrogen) atoms. The van der Waals surface area contributed by atoms with E-state index < -0.39 is 4.87 Å². The summed E-state index contributed by atoms with van der Waals surface area (Å²) < 4.78 is 0. The molecule has 0 spiro atoms. The van der Waals surface area contributed by atoms with E-state index in [1.807, 2.05) is 13.8 Å². The lowest BCUT2D eigenvalue weighted by atomic mass is 9.79. The summed E-state index contributed by atoms with van der Waals surface area (Å²) in [6, 6.07) is 0.230. The topological polar surface area (TPSA) is 29.1 Å². The predicted octanol–water partition coefficient (Wildman–Crippen LogP) is 2.46. The summed E-state index contributed by atoms with van der Waals surface area (Å²) in [6.45, 7) is 7.98. The van der Waals surface area contributed by atoms with Crippen molar-refractivity contribution in [2.45, 2.75) is 57.9 Å². The Labute approximate surface area is 123 Å². The Morgan fingerprint density at radius 3 is 2.42 bits per heavy atom. The van der Waals surface area contributed by atoms with Crippen molar-refractivity contribution in [1.82, 2.24) is 5.32 Å². The van der Waals surface area contributed by atoms with Gasteiger partial charge in [-0.05, 0) is 26.7 Å². The van der Waals surface area contributed by atoms with E-state index in [9.17, 15) is 4.79 Å². The zero-order valence-corrected chi connectivity index (χ0v) is 13.7. The highest BCUT2D eigenvalue weighted by molar-refractivity contribution is 7.82. The van der Waals surface area contributed by atoms with E-state index in [-0.39, 0.29) is 17.7 Å². The number of ketones is 1. The van der Waals surface area contributed by atoms with Gasteiger partial charge in [-0.1, -0.05) is 37.0 Å². The monoisotopic (exact) mass is 279 g/mol. The zero-order chi connectivity index (χ0) is 14.6. The van der Waals surface area contributed by atoms with Gasteiger partial charge >= 0.3 is 0 Å². The lowest BCUT2D eigenvalue weighted by Crippen LogP contribution is -2.52. The number of carbonyl (C=O) groups excluding carboxylic acids is 1. The summed E-state index contributed by atoms with van der Waals surface area (Å²) in [5.41, 5.74) is 2.54. The molecular weight excluding hydrogens is 253 g/mol. The fourth-order valence-electron chi connectivity index (χ4n) is 2.50. The number of allylic oxidation sites excluding steroid dienone is 3. The molecule has 0 bridgehead atoms. The average Bonchev–Trinajstić information content (AvgIpc) is 2.30. The van der Waals surface area contributed by atoms with Crippen LogP contribution in [0.15, 0.2) is 23.2 Å². The third-order valence-corrected chi connectivity index (χ3v) is 3.93. The average molecular weight is 279 g/mol. The Hall–Kier alpha value is -0.475. The summed E-state index contributed by atoms with van der Waals surface area (Å²) in [6.07, 6.45) is 7.32. The maximum atomic E-state index is 12.5. The Balaban J connectivity index is 2.95. The molecule has 1 rings (SSSR count). The molecule has 1 aliphatic carbocycles. The van der Waals surface area contributed by atoms with Gasteiger partial charge in [-0.25, -0.2) is 0 Å². The van der Waals surface area contributed by atoms with E-state index in [0.29, 0.717) is 6.42 Å². The van der Waals surface area contributed by atoms with E-state index in [1.165, 1.54) is 11.0 Å². The standard InChI is InChI=1S/C15H26BNOS/c1-10(2)14(18)15(19,17-11(3)4)9-12-7-5-6-8-13(12)16/h7-8,10-11,17,19H,5-6,9,16H2,1-4H3/t15-/m1/s1. The van der Waals surface area contributed by atoms with Crippen LogP contribution in [0.25, 0.3) is 0 Å². The van der Waals surface area contributed by atoms with Crippen LogP contribution in [-0.2, 0) is 4.79 Å². The summed E-state index contributed by atoms with van der Waals surface area (Å²) >= 11 is 4.71. The predicted molar refractivity (Wildman–Crippen MR) is 88.4 cm³/mol. The number of nitrogens with one attached hydrogen (secondary N) is 1. The molecule has 0 amide bonds. The van der Waals surface area contributed by atoms with Crippen LogP contribution < -0.4 is 5.32 Å². The second kappa shape index (κ2) is 6.80. The van der Waals surface area contributed by atoms with Crippen molar-refractivity contribution in [2.75, 3.05) is 0 Å². The van der Waals surface area contributed by atoms with Crippen molar-refractivity contribution in [1.29, 1.82) is 0 Å². The lowest BCUT2D eigenvalue weighted by molar-refractivity contribution is -0.125. The number of hydrogen-bond donors (Lipinski definition) is 2. The molecule has 1 N–H and O–H groups in total. The number of rotatable bonds is 6. The first-order chi connectivity index (χ1) is 8.76. The smallest absolute Gasteiger partial charge is 0.165 e. The molecule has 0 fully saturated rings. The van der Waals surface area contributed by atoms with Crippen LogP contribution in [0.1, 0.15) is 47.0 Å². The molecule has 0 aromatic heterocycles. The third kappa shape index (κ3) is 4.53.